The highest BCUT2D eigenvalue weighted by molar-refractivity contribution is 5.92. The summed E-state index contributed by atoms with van der Waals surface area (Å²) in [6, 6.07) is 3.72. The first-order chi connectivity index (χ1) is 18.6. The summed E-state index contributed by atoms with van der Waals surface area (Å²) < 4.78 is 58.7. The van der Waals surface area contributed by atoms with Crippen LogP contribution in [0, 0.1) is 0 Å². The molecule has 0 fully saturated rings. The number of imidazole rings is 1. The zero-order chi connectivity index (χ0) is 28.2. The monoisotopic (exact) mass is 553 g/mol. The van der Waals surface area contributed by atoms with Gasteiger partial charge in [0, 0.05) is 24.7 Å². The van der Waals surface area contributed by atoms with E-state index in [-0.39, 0.29) is 60.5 Å². The zero-order valence-electron chi connectivity index (χ0n) is 19.9. The lowest BCUT2D eigenvalue weighted by molar-refractivity contribution is -0.141. The number of alkyl halides is 3. The summed E-state index contributed by atoms with van der Waals surface area (Å²) in [5.41, 5.74) is -1.76. The van der Waals surface area contributed by atoms with Gasteiger partial charge in [0.2, 0.25) is 5.65 Å². The topological polar surface area (TPSA) is 174 Å². The summed E-state index contributed by atoms with van der Waals surface area (Å²) in [5, 5.41) is 40.6. The molecule has 0 radical (unpaired) electrons. The molecule has 3 aromatic heterocycles. The van der Waals surface area contributed by atoms with Crippen LogP contribution in [0.3, 0.4) is 0 Å². The molecule has 0 aliphatic heterocycles. The fourth-order valence-corrected chi connectivity index (χ4v) is 3.54. The summed E-state index contributed by atoms with van der Waals surface area (Å²) in [6.45, 7) is -0.701. The number of carbonyl (C=O) groups is 1. The number of ether oxygens (including phenoxy) is 3. The lowest BCUT2D eigenvalue weighted by Gasteiger charge is -2.10. The van der Waals surface area contributed by atoms with E-state index in [0.717, 1.165) is 23.1 Å². The van der Waals surface area contributed by atoms with Crippen molar-refractivity contribution in [3.05, 3.63) is 54.2 Å². The summed E-state index contributed by atoms with van der Waals surface area (Å²) >= 11 is 0. The largest absolute Gasteiger partial charge is 0.507 e. The molecule has 0 atom stereocenters. The molecule has 13 nitrogen and oxygen atoms in total. The van der Waals surface area contributed by atoms with Crippen molar-refractivity contribution in [1.82, 2.24) is 24.1 Å². The molecular formula is C23H22F3N5O8. The second-order valence-electron chi connectivity index (χ2n) is 7.91. The second kappa shape index (κ2) is 11.6. The molecule has 208 valence electrons. The van der Waals surface area contributed by atoms with E-state index in [2.05, 4.69) is 15.1 Å². The highest BCUT2D eigenvalue weighted by Crippen LogP contribution is 2.37. The minimum absolute atomic E-state index is 0.0211. The van der Waals surface area contributed by atoms with Crippen LogP contribution in [0.15, 0.2) is 43.0 Å². The molecule has 3 heterocycles. The Bertz CT molecular complexity index is 1450. The van der Waals surface area contributed by atoms with Gasteiger partial charge in [0.05, 0.1) is 43.8 Å². The number of carbonyl (C=O) groups excluding carboxylic acids is 1. The van der Waals surface area contributed by atoms with Crippen molar-refractivity contribution >= 4 is 11.6 Å². The number of aromatic hydroxyl groups is 1. The fraction of sp³-hybridized carbons (Fsp3) is 0.304. The third kappa shape index (κ3) is 6.43. The van der Waals surface area contributed by atoms with Crippen molar-refractivity contribution in [1.29, 1.82) is 0 Å². The summed E-state index contributed by atoms with van der Waals surface area (Å²) in [6.07, 6.45) is -1.99. The quantitative estimate of drug-likeness (QED) is 0.121. The molecule has 0 amide bonds. The van der Waals surface area contributed by atoms with Crippen molar-refractivity contribution in [2.24, 2.45) is 0 Å². The van der Waals surface area contributed by atoms with Gasteiger partial charge in [-0.3, -0.25) is 9.08 Å². The molecule has 0 spiro atoms. The second-order valence-corrected chi connectivity index (χ2v) is 7.91. The van der Waals surface area contributed by atoms with E-state index < -0.39 is 36.4 Å². The van der Waals surface area contributed by atoms with Crippen LogP contribution in [0.1, 0.15) is 16.1 Å². The Balaban J connectivity index is 1.58. The van der Waals surface area contributed by atoms with Gasteiger partial charge in [0.25, 0.3) is 5.88 Å². The van der Waals surface area contributed by atoms with Crippen molar-refractivity contribution in [2.45, 2.75) is 19.0 Å². The number of phenols is 1. The Labute approximate surface area is 217 Å². The molecule has 0 saturated carbocycles. The first-order valence-electron chi connectivity index (χ1n) is 11.3. The van der Waals surface area contributed by atoms with E-state index in [9.17, 15) is 23.1 Å². The van der Waals surface area contributed by atoms with E-state index in [1.54, 1.807) is 0 Å². The van der Waals surface area contributed by atoms with Gasteiger partial charge in [-0.1, -0.05) is 0 Å². The Morgan fingerprint density at radius 1 is 1.13 bits per heavy atom. The number of nitrogens with zero attached hydrogens (tertiary/aromatic N) is 5. The molecule has 4 aromatic rings. The van der Waals surface area contributed by atoms with E-state index in [4.69, 9.17) is 29.5 Å². The predicted molar refractivity (Wildman–Crippen MR) is 124 cm³/mol. The maximum atomic E-state index is 13.7. The molecular weight excluding hydrogens is 531 g/mol. The Morgan fingerprint density at radius 2 is 1.92 bits per heavy atom. The number of esters is 1. The molecule has 0 unspecified atom stereocenters. The Kier molecular flexibility index (Phi) is 8.29. The van der Waals surface area contributed by atoms with Crippen LogP contribution in [-0.2, 0) is 22.2 Å². The van der Waals surface area contributed by atoms with Crippen LogP contribution in [0.4, 0.5) is 13.2 Å². The number of rotatable bonds is 11. The Morgan fingerprint density at radius 3 is 2.62 bits per heavy atom. The number of phenolic OH excluding ortho intramolecular Hbond substituents is 1. The summed E-state index contributed by atoms with van der Waals surface area (Å²) in [4.78, 5) is 20.3. The molecule has 4 N–H and O–H groups in total. The van der Waals surface area contributed by atoms with Gasteiger partial charge in [0.15, 0.2) is 12.0 Å². The molecule has 1 aromatic carbocycles. The highest BCUT2D eigenvalue weighted by atomic mass is 19.4. The van der Waals surface area contributed by atoms with Crippen molar-refractivity contribution in [3.8, 4) is 28.6 Å². The third-order valence-corrected chi connectivity index (χ3v) is 5.15. The van der Waals surface area contributed by atoms with Gasteiger partial charge in [-0.15, -0.1) is 0 Å². The normalized spacial score (nSPS) is 11.9. The van der Waals surface area contributed by atoms with Gasteiger partial charge >= 0.3 is 12.1 Å². The van der Waals surface area contributed by atoms with Gasteiger partial charge in [0.1, 0.15) is 23.7 Å². The molecule has 16 heteroatoms. The van der Waals surface area contributed by atoms with E-state index in [1.807, 2.05) is 0 Å². The SMILES string of the molecule is O=C(OCCOCCO)c1ccc(Oc2nccn3c(-c4cn(CC(O)O)nc4C(F)(F)F)cnc23)cc1O. The minimum atomic E-state index is -4.84. The number of halogens is 3. The standard InChI is InChI=1S/C23H22F3N5O8/c24-23(25,26)19-15(11-30(29-19)12-18(34)35)16-10-28-20-21(27-3-4-31(16)20)39-13-1-2-14(17(33)9-13)22(36)38-8-7-37-6-5-32/h1-4,9-11,18,32-35H,5-8,12H2. The minimum Gasteiger partial charge on any atom is -0.507 e. The fourth-order valence-electron chi connectivity index (χ4n) is 3.54. The van der Waals surface area contributed by atoms with Crippen LogP contribution in [0.2, 0.25) is 0 Å². The molecule has 0 bridgehead atoms. The number of aromatic nitrogens is 5. The summed E-state index contributed by atoms with van der Waals surface area (Å²) in [7, 11) is 0. The Hall–Kier alpha value is -4.25. The van der Waals surface area contributed by atoms with Crippen LogP contribution in [0.5, 0.6) is 17.4 Å². The van der Waals surface area contributed by atoms with E-state index >= 15 is 0 Å². The van der Waals surface area contributed by atoms with Crippen LogP contribution in [-0.4, -0.2) is 83.3 Å². The average Bonchev–Trinajstić information content (AvgIpc) is 3.48. The lowest BCUT2D eigenvalue weighted by Crippen LogP contribution is -2.16. The predicted octanol–water partition coefficient (Wildman–Crippen LogP) is 1.59. The lowest BCUT2D eigenvalue weighted by atomic mass is 10.2. The van der Waals surface area contributed by atoms with Gasteiger partial charge < -0.3 is 34.6 Å². The number of hydrogen-bond acceptors (Lipinski definition) is 11. The average molecular weight is 553 g/mol. The smallest absolute Gasteiger partial charge is 0.435 e. The van der Waals surface area contributed by atoms with Crippen LogP contribution < -0.4 is 4.74 Å². The van der Waals surface area contributed by atoms with Gasteiger partial charge in [-0.2, -0.15) is 18.3 Å². The van der Waals surface area contributed by atoms with E-state index in [0.29, 0.717) is 0 Å². The number of fused-ring (bicyclic) bond motifs is 1. The summed E-state index contributed by atoms with van der Waals surface area (Å²) in [5.74, 6) is -1.36. The molecule has 4 rings (SSSR count). The highest BCUT2D eigenvalue weighted by Gasteiger charge is 2.38. The van der Waals surface area contributed by atoms with Crippen molar-refractivity contribution < 1.29 is 52.6 Å². The first kappa shape index (κ1) is 27.8. The van der Waals surface area contributed by atoms with Gasteiger partial charge in [-0.25, -0.2) is 14.8 Å². The number of aliphatic hydroxyl groups is 3. The number of hydrogen-bond donors (Lipinski definition) is 4. The van der Waals surface area contributed by atoms with Crippen LogP contribution in [0.25, 0.3) is 16.9 Å². The molecule has 39 heavy (non-hydrogen) atoms. The van der Waals surface area contributed by atoms with Crippen LogP contribution >= 0.6 is 0 Å². The first-order valence-corrected chi connectivity index (χ1v) is 11.3. The molecule has 0 saturated heterocycles. The number of benzene rings is 1. The zero-order valence-corrected chi connectivity index (χ0v) is 19.9. The molecule has 0 aliphatic rings. The maximum Gasteiger partial charge on any atom is 0.435 e. The van der Waals surface area contributed by atoms with Gasteiger partial charge in [-0.05, 0) is 12.1 Å². The molecule has 0 aliphatic carbocycles. The maximum absolute atomic E-state index is 13.7. The van der Waals surface area contributed by atoms with Crippen molar-refractivity contribution in [2.75, 3.05) is 26.4 Å². The number of aliphatic hydroxyl groups excluding tert-OH is 2. The van der Waals surface area contributed by atoms with Crippen molar-refractivity contribution in [3.63, 3.8) is 0 Å². The third-order valence-electron chi connectivity index (χ3n) is 5.15. The van der Waals surface area contributed by atoms with E-state index in [1.165, 1.54) is 28.9 Å².